The van der Waals surface area contributed by atoms with Crippen molar-refractivity contribution in [3.05, 3.63) is 204 Å². The van der Waals surface area contributed by atoms with Crippen molar-refractivity contribution < 1.29 is 21.1 Å². The summed E-state index contributed by atoms with van der Waals surface area (Å²) in [6.45, 7) is 0. The average molecular weight is 1130 g/mol. The number of nitrogens with zero attached hydrogens (tertiary/aromatic N) is 6. The number of fused-ring (bicyclic) bond motifs is 24. The molecule has 15 rings (SSSR count). The third-order valence-electron chi connectivity index (χ3n) is 14.0. The normalized spacial score (nSPS) is 12.0. The number of aromatic nitrogens is 6. The maximum absolute atomic E-state index is 6.69. The molecule has 6 nitrogen and oxygen atoms in total. The van der Waals surface area contributed by atoms with Gasteiger partial charge >= 0.3 is 21.1 Å². The number of hydrogen-bond acceptors (Lipinski definition) is 4. The minimum Gasteiger partial charge on any atom is -0.435 e. The van der Waals surface area contributed by atoms with E-state index in [1.54, 1.807) is 0 Å². The zero-order valence-corrected chi connectivity index (χ0v) is 41.0. The first kappa shape index (κ1) is 41.9. The van der Waals surface area contributed by atoms with E-state index in [1.165, 1.54) is 0 Å². The van der Waals surface area contributed by atoms with Gasteiger partial charge in [-0.1, -0.05) is 145 Å². The van der Waals surface area contributed by atoms with E-state index < -0.39 is 0 Å². The molecule has 10 aromatic carbocycles. The van der Waals surface area contributed by atoms with Crippen molar-refractivity contribution in [2.45, 2.75) is 0 Å². The predicted octanol–water partition coefficient (Wildman–Crippen LogP) is 16.6. The van der Waals surface area contributed by atoms with Gasteiger partial charge in [0.15, 0.2) is 0 Å². The van der Waals surface area contributed by atoms with Crippen LogP contribution in [-0.2, 0) is 21.1 Å². The van der Waals surface area contributed by atoms with Crippen LogP contribution in [0.15, 0.2) is 194 Å². The average Bonchev–Trinajstić information content (AvgIpc) is 4.13. The Bertz CT molecular complexity index is 4330. The first-order chi connectivity index (χ1) is 34.5. The summed E-state index contributed by atoms with van der Waals surface area (Å²) in [5.74, 6) is 1.05. The summed E-state index contributed by atoms with van der Waals surface area (Å²) < 4.78 is 0. The second kappa shape index (κ2) is 16.0. The number of hydrogen-bond donors (Lipinski definition) is 0. The first-order valence-electron chi connectivity index (χ1n) is 23.1. The van der Waals surface area contributed by atoms with Crippen LogP contribution in [0.1, 0.15) is 0 Å². The van der Waals surface area contributed by atoms with E-state index in [0.29, 0.717) is 33.0 Å². The molecule has 0 amide bonds. The van der Waals surface area contributed by atoms with Crippen LogP contribution < -0.4 is 9.97 Å². The Hall–Kier alpha value is -7.99. The summed E-state index contributed by atoms with van der Waals surface area (Å²) >= 11 is 13.4. The van der Waals surface area contributed by atoms with Crippen LogP contribution in [0.2, 0.25) is 10.0 Å². The molecule has 0 atom stereocenters. The monoisotopic (exact) mass is 1130 g/mol. The number of benzene rings is 10. The zero-order chi connectivity index (χ0) is 46.2. The molecule has 13 aromatic rings. The Kier molecular flexibility index (Phi) is 9.47. The van der Waals surface area contributed by atoms with E-state index >= 15 is 0 Å². The largest absolute Gasteiger partial charge is 2.00 e. The molecule has 2 aliphatic heterocycles. The molecular formula is C62H32Cl2N6Pt. The van der Waals surface area contributed by atoms with Crippen LogP contribution in [0.5, 0.6) is 0 Å². The standard InChI is InChI=1S/C62H32Cl2N6.Pt/c63-43-21-17-33(18-22-43)53-55-45-25-35-9-1-2-10-36(35)26-46(45)56(65-55)54(34-19-23-44(64)24-20-34)58-48-28-38-12-4-6-14-40(38)30-50(48)60(67-58)69-62-52-32-42-16-8-7-15-41(42)31-51(52)61(70-62)68-59-49-29-39-13-5-3-11-37(39)27-47(49)57(53)66-59;/h1-32H;/q-2;+2. The molecule has 3 aromatic heterocycles. The minimum atomic E-state index is 0. The third-order valence-corrected chi connectivity index (χ3v) is 14.5. The Morgan fingerprint density at radius 3 is 0.972 bits per heavy atom. The summed E-state index contributed by atoms with van der Waals surface area (Å²) in [6, 6.07) is 67.4. The quantitative estimate of drug-likeness (QED) is 0.172. The fourth-order valence-corrected chi connectivity index (χ4v) is 11.0. The predicted molar refractivity (Wildman–Crippen MR) is 289 cm³/mol. The van der Waals surface area contributed by atoms with Gasteiger partial charge in [-0.25, -0.2) is 4.98 Å². The third kappa shape index (κ3) is 6.59. The van der Waals surface area contributed by atoms with Crippen molar-refractivity contribution in [1.29, 1.82) is 0 Å². The van der Waals surface area contributed by atoms with Crippen LogP contribution >= 0.6 is 23.2 Å². The van der Waals surface area contributed by atoms with Crippen molar-refractivity contribution in [3.8, 4) is 67.5 Å². The molecule has 0 aliphatic carbocycles. The van der Waals surface area contributed by atoms with E-state index in [1.807, 2.05) is 24.3 Å². The molecule has 334 valence electrons. The van der Waals surface area contributed by atoms with Crippen LogP contribution in [0.25, 0.3) is 155 Å². The molecule has 0 unspecified atom stereocenters. The smallest absolute Gasteiger partial charge is 0.435 e. The molecule has 0 N–H and O–H groups in total. The van der Waals surface area contributed by atoms with Gasteiger partial charge < -0.3 is 19.9 Å². The molecule has 0 spiro atoms. The van der Waals surface area contributed by atoms with Crippen molar-refractivity contribution in [1.82, 2.24) is 29.9 Å². The van der Waals surface area contributed by atoms with Gasteiger partial charge in [-0.15, -0.1) is 0 Å². The molecule has 2 aliphatic rings. The fourth-order valence-electron chi connectivity index (χ4n) is 10.7. The van der Waals surface area contributed by atoms with Crippen molar-refractivity contribution in [3.63, 3.8) is 0 Å². The summed E-state index contributed by atoms with van der Waals surface area (Å²) in [4.78, 5) is 33.4. The SMILES string of the molecule is Clc1ccc(-c2c3nc(c(-c4ccc(Cl)cc4)c4[n-]c(nc5nc(nc6[n-]c2c2cc7ccccc7cc62)-c2cc6ccccc6cc2-5)c2cc5ccccc5cc42)-c2cc4ccccc4cc2-3)cc1.[Pt+2]. The van der Waals surface area contributed by atoms with E-state index in [2.05, 4.69) is 170 Å². The zero-order valence-electron chi connectivity index (χ0n) is 37.2. The molecule has 71 heavy (non-hydrogen) atoms. The van der Waals surface area contributed by atoms with Gasteiger partial charge in [0.2, 0.25) is 0 Å². The summed E-state index contributed by atoms with van der Waals surface area (Å²) in [6.07, 6.45) is 0. The second-order valence-electron chi connectivity index (χ2n) is 18.1. The maximum atomic E-state index is 6.69. The summed E-state index contributed by atoms with van der Waals surface area (Å²) in [7, 11) is 0. The van der Waals surface area contributed by atoms with Gasteiger partial charge in [-0.05, 0) is 171 Å². The van der Waals surface area contributed by atoms with Crippen molar-refractivity contribution in [2.24, 2.45) is 0 Å². The Balaban J connectivity index is 0.00000470. The van der Waals surface area contributed by atoms with Gasteiger partial charge in [0.1, 0.15) is 0 Å². The van der Waals surface area contributed by atoms with Crippen molar-refractivity contribution >= 4 is 110 Å². The van der Waals surface area contributed by atoms with Crippen LogP contribution in [0, 0.1) is 0 Å². The van der Waals surface area contributed by atoms with Crippen molar-refractivity contribution in [2.75, 3.05) is 0 Å². The Morgan fingerprint density at radius 2 is 0.620 bits per heavy atom. The fraction of sp³-hybridized carbons (Fsp3) is 0. The van der Waals surface area contributed by atoms with Crippen LogP contribution in [0.3, 0.4) is 0 Å². The van der Waals surface area contributed by atoms with Gasteiger partial charge in [0.05, 0.1) is 23.0 Å². The topological polar surface area (TPSA) is 79.8 Å². The Morgan fingerprint density at radius 1 is 0.310 bits per heavy atom. The van der Waals surface area contributed by atoms with Crippen LogP contribution in [0.4, 0.5) is 0 Å². The molecule has 0 radical (unpaired) electrons. The molecule has 5 heterocycles. The second-order valence-corrected chi connectivity index (χ2v) is 19.0. The molecule has 0 saturated carbocycles. The summed E-state index contributed by atoms with van der Waals surface area (Å²) in [5, 5.41) is 13.6. The van der Waals surface area contributed by atoms with E-state index in [9.17, 15) is 0 Å². The molecule has 0 fully saturated rings. The maximum Gasteiger partial charge on any atom is 2.00 e. The Labute approximate surface area is 429 Å². The molecule has 9 heteroatoms. The van der Waals surface area contributed by atoms with Crippen LogP contribution in [-0.4, -0.2) is 19.9 Å². The van der Waals surface area contributed by atoms with Gasteiger partial charge in [0, 0.05) is 43.4 Å². The van der Waals surface area contributed by atoms with E-state index in [-0.39, 0.29) is 21.1 Å². The van der Waals surface area contributed by atoms with Gasteiger partial charge in [-0.3, -0.25) is 4.98 Å². The minimum absolute atomic E-state index is 0. The van der Waals surface area contributed by atoms with Gasteiger partial charge in [0.25, 0.3) is 0 Å². The summed E-state index contributed by atoms with van der Waals surface area (Å²) in [5.41, 5.74) is 11.3. The number of halogens is 2. The first-order valence-corrected chi connectivity index (χ1v) is 23.9. The molecule has 8 bridgehead atoms. The van der Waals surface area contributed by atoms with E-state index in [4.69, 9.17) is 53.1 Å². The molecular weight excluding hydrogens is 1090 g/mol. The van der Waals surface area contributed by atoms with Gasteiger partial charge in [-0.2, -0.15) is 0 Å². The van der Waals surface area contributed by atoms with E-state index in [0.717, 1.165) is 132 Å². The molecule has 0 saturated heterocycles. The number of rotatable bonds is 2.